The molecule has 0 saturated carbocycles. The fourth-order valence-electron chi connectivity index (χ4n) is 2.48. The van der Waals surface area contributed by atoms with Crippen molar-refractivity contribution in [3.05, 3.63) is 34.1 Å². The molecule has 1 unspecified atom stereocenters. The molecule has 28 heavy (non-hydrogen) atoms. The number of anilines is 1. The van der Waals surface area contributed by atoms with Crippen molar-refractivity contribution < 1.29 is 24.1 Å². The normalized spacial score (nSPS) is 12.8. The Hall–Kier alpha value is -3.57. The molecule has 2 aromatic heterocycles. The smallest absolute Gasteiger partial charge is 0.305 e. The SMILES string of the molecule is CCC(C(=O)N[C@H](C=O)CC(=O)O)n1ccnc(NCc2nonc2C)c1=O. The van der Waals surface area contributed by atoms with E-state index in [4.69, 9.17) is 5.11 Å². The molecule has 3 N–H and O–H groups in total. The molecule has 0 spiro atoms. The van der Waals surface area contributed by atoms with Crippen LogP contribution in [0.4, 0.5) is 5.82 Å². The van der Waals surface area contributed by atoms with Crippen LogP contribution in [0.3, 0.4) is 0 Å². The molecule has 0 saturated heterocycles. The van der Waals surface area contributed by atoms with Gasteiger partial charge < -0.3 is 20.5 Å². The van der Waals surface area contributed by atoms with E-state index in [1.54, 1.807) is 13.8 Å². The molecule has 0 aliphatic rings. The zero-order chi connectivity index (χ0) is 20.7. The Balaban J connectivity index is 2.18. The van der Waals surface area contributed by atoms with Gasteiger partial charge in [-0.25, -0.2) is 9.61 Å². The van der Waals surface area contributed by atoms with Crippen LogP contribution >= 0.6 is 0 Å². The molecule has 0 aliphatic heterocycles. The van der Waals surface area contributed by atoms with E-state index < -0.39 is 35.9 Å². The van der Waals surface area contributed by atoms with Crippen LogP contribution in [0.1, 0.15) is 37.2 Å². The van der Waals surface area contributed by atoms with E-state index in [1.165, 1.54) is 17.0 Å². The molecule has 0 radical (unpaired) electrons. The van der Waals surface area contributed by atoms with Crippen molar-refractivity contribution >= 4 is 24.0 Å². The summed E-state index contributed by atoms with van der Waals surface area (Å²) >= 11 is 0. The second-order valence-corrected chi connectivity index (χ2v) is 5.91. The molecule has 1 amide bonds. The number of hydrogen-bond donors (Lipinski definition) is 3. The maximum absolute atomic E-state index is 12.7. The van der Waals surface area contributed by atoms with Gasteiger partial charge in [-0.2, -0.15) is 0 Å². The molecule has 2 aromatic rings. The van der Waals surface area contributed by atoms with Crippen molar-refractivity contribution in [1.82, 2.24) is 25.2 Å². The molecule has 2 atom stereocenters. The molecule has 150 valence electrons. The van der Waals surface area contributed by atoms with E-state index in [1.807, 2.05) is 0 Å². The summed E-state index contributed by atoms with van der Waals surface area (Å²) in [5.74, 6) is -1.87. The van der Waals surface area contributed by atoms with E-state index in [0.29, 0.717) is 17.7 Å². The summed E-state index contributed by atoms with van der Waals surface area (Å²) in [7, 11) is 0. The Morgan fingerprint density at radius 1 is 1.39 bits per heavy atom. The fourth-order valence-corrected chi connectivity index (χ4v) is 2.48. The van der Waals surface area contributed by atoms with Crippen LogP contribution in [0.25, 0.3) is 0 Å². The number of amides is 1. The second kappa shape index (κ2) is 9.39. The van der Waals surface area contributed by atoms with Gasteiger partial charge in [0, 0.05) is 12.4 Å². The number of aromatic nitrogens is 4. The van der Waals surface area contributed by atoms with Gasteiger partial charge in [0.1, 0.15) is 23.7 Å². The third-order valence-corrected chi connectivity index (χ3v) is 3.95. The standard InChI is InChI=1S/C16H20N6O6/c1-3-12(15(26)19-10(8-23)6-13(24)25)22-5-4-17-14(16(22)27)18-7-11-9(2)20-28-21-11/h4-5,8,10,12H,3,6-7H2,1-2H3,(H,17,18)(H,19,26)(H,24,25)/t10-,12?/m0/s1. The summed E-state index contributed by atoms with van der Waals surface area (Å²) in [6.07, 6.45) is 2.73. The number of aliphatic carboxylic acids is 1. The van der Waals surface area contributed by atoms with Gasteiger partial charge in [0.15, 0.2) is 5.82 Å². The van der Waals surface area contributed by atoms with Crippen LogP contribution in [0.2, 0.25) is 0 Å². The molecule has 0 fully saturated rings. The van der Waals surface area contributed by atoms with Crippen molar-refractivity contribution in [3.8, 4) is 0 Å². The van der Waals surface area contributed by atoms with Crippen molar-refractivity contribution in [2.24, 2.45) is 0 Å². The van der Waals surface area contributed by atoms with Gasteiger partial charge in [-0.05, 0) is 13.3 Å². The summed E-state index contributed by atoms with van der Waals surface area (Å²) in [5.41, 5.74) is 0.510. The summed E-state index contributed by atoms with van der Waals surface area (Å²) in [4.78, 5) is 50.9. The first-order valence-electron chi connectivity index (χ1n) is 8.43. The minimum atomic E-state index is -1.23. The lowest BCUT2D eigenvalue weighted by molar-refractivity contribution is -0.139. The minimum Gasteiger partial charge on any atom is -0.481 e. The van der Waals surface area contributed by atoms with Crippen molar-refractivity contribution in [2.45, 2.75) is 45.3 Å². The summed E-state index contributed by atoms with van der Waals surface area (Å²) in [5, 5.41) is 21.3. The van der Waals surface area contributed by atoms with E-state index in [0.717, 1.165) is 0 Å². The number of rotatable bonds is 10. The highest BCUT2D eigenvalue weighted by Gasteiger charge is 2.24. The third-order valence-electron chi connectivity index (χ3n) is 3.95. The van der Waals surface area contributed by atoms with Gasteiger partial charge in [-0.1, -0.05) is 17.2 Å². The highest BCUT2D eigenvalue weighted by molar-refractivity contribution is 5.85. The van der Waals surface area contributed by atoms with Crippen LogP contribution in [0.15, 0.2) is 21.8 Å². The first kappa shape index (κ1) is 20.7. The van der Waals surface area contributed by atoms with Gasteiger partial charge in [0.2, 0.25) is 5.91 Å². The van der Waals surface area contributed by atoms with Crippen molar-refractivity contribution in [3.63, 3.8) is 0 Å². The average Bonchev–Trinajstić information content (AvgIpc) is 3.06. The van der Waals surface area contributed by atoms with Crippen molar-refractivity contribution in [1.29, 1.82) is 0 Å². The quantitative estimate of drug-likeness (QED) is 0.454. The summed E-state index contributed by atoms with van der Waals surface area (Å²) in [6.45, 7) is 3.53. The highest BCUT2D eigenvalue weighted by atomic mass is 16.6. The third kappa shape index (κ3) is 4.99. The number of carbonyl (C=O) groups excluding carboxylic acids is 2. The molecule has 2 rings (SSSR count). The van der Waals surface area contributed by atoms with Gasteiger partial charge >= 0.3 is 5.97 Å². The molecule has 0 aromatic carbocycles. The van der Waals surface area contributed by atoms with Crippen molar-refractivity contribution in [2.75, 3.05) is 5.32 Å². The Labute approximate surface area is 158 Å². The minimum absolute atomic E-state index is 0.00590. The number of aldehydes is 1. The number of carbonyl (C=O) groups is 3. The fraction of sp³-hybridized carbons (Fsp3) is 0.438. The predicted octanol–water partition coefficient (Wildman–Crippen LogP) is -0.344. The Kier molecular flexibility index (Phi) is 6.96. The molecular formula is C16H20N6O6. The van der Waals surface area contributed by atoms with E-state index in [2.05, 4.69) is 30.6 Å². The highest BCUT2D eigenvalue weighted by Crippen LogP contribution is 2.11. The Morgan fingerprint density at radius 3 is 2.71 bits per heavy atom. The van der Waals surface area contributed by atoms with E-state index in [9.17, 15) is 19.2 Å². The van der Waals surface area contributed by atoms with E-state index in [-0.39, 0.29) is 18.8 Å². The van der Waals surface area contributed by atoms with Gasteiger partial charge in [0.05, 0.1) is 19.0 Å². The van der Waals surface area contributed by atoms with Crippen LogP contribution in [0, 0.1) is 6.92 Å². The zero-order valence-corrected chi connectivity index (χ0v) is 15.3. The predicted molar refractivity (Wildman–Crippen MR) is 94.4 cm³/mol. The topological polar surface area (TPSA) is 169 Å². The lowest BCUT2D eigenvalue weighted by atomic mass is 10.1. The van der Waals surface area contributed by atoms with Crippen LogP contribution in [-0.4, -0.2) is 49.2 Å². The van der Waals surface area contributed by atoms with Crippen LogP contribution < -0.4 is 16.2 Å². The molecule has 0 bridgehead atoms. The Morgan fingerprint density at radius 2 is 2.14 bits per heavy atom. The second-order valence-electron chi connectivity index (χ2n) is 5.91. The van der Waals surface area contributed by atoms with Crippen LogP contribution in [-0.2, 0) is 20.9 Å². The number of hydrogen-bond acceptors (Lipinski definition) is 9. The largest absolute Gasteiger partial charge is 0.481 e. The first-order chi connectivity index (χ1) is 13.4. The molecular weight excluding hydrogens is 372 g/mol. The number of carboxylic acids is 1. The summed E-state index contributed by atoms with van der Waals surface area (Å²) < 4.78 is 5.75. The first-order valence-corrected chi connectivity index (χ1v) is 8.43. The van der Waals surface area contributed by atoms with E-state index >= 15 is 0 Å². The van der Waals surface area contributed by atoms with Gasteiger partial charge in [0.25, 0.3) is 5.56 Å². The number of aryl methyl sites for hydroxylation is 1. The molecule has 0 aliphatic carbocycles. The number of carboxylic acid groups (broad SMARTS) is 1. The van der Waals surface area contributed by atoms with Gasteiger partial charge in [-0.15, -0.1) is 0 Å². The zero-order valence-electron chi connectivity index (χ0n) is 15.3. The Bertz CT molecular complexity index is 907. The molecule has 12 heteroatoms. The van der Waals surface area contributed by atoms with Crippen LogP contribution in [0.5, 0.6) is 0 Å². The average molecular weight is 392 g/mol. The summed E-state index contributed by atoms with van der Waals surface area (Å²) in [6, 6.07) is -2.13. The maximum atomic E-state index is 12.7. The molecule has 12 nitrogen and oxygen atoms in total. The maximum Gasteiger partial charge on any atom is 0.305 e. The lowest BCUT2D eigenvalue weighted by Crippen LogP contribution is -2.43. The number of nitrogens with one attached hydrogen (secondary N) is 2. The molecule has 2 heterocycles. The monoisotopic (exact) mass is 392 g/mol. The van der Waals surface area contributed by atoms with Gasteiger partial charge in [-0.3, -0.25) is 19.0 Å². The lowest BCUT2D eigenvalue weighted by Gasteiger charge is -2.20. The number of nitrogens with zero attached hydrogens (tertiary/aromatic N) is 4.